The fraction of sp³-hybridized carbons (Fsp3) is 0.500. The van der Waals surface area contributed by atoms with Gasteiger partial charge in [0, 0.05) is 46.9 Å². The number of halogens is 3. The Hall–Kier alpha value is -3.14. The van der Waals surface area contributed by atoms with Crippen LogP contribution in [0.3, 0.4) is 0 Å². The summed E-state index contributed by atoms with van der Waals surface area (Å²) in [6.07, 6.45) is 2.13. The number of hydrogen-bond donors (Lipinski definition) is 2. The van der Waals surface area contributed by atoms with E-state index in [2.05, 4.69) is 20.0 Å². The average molecular weight is 670 g/mol. The summed E-state index contributed by atoms with van der Waals surface area (Å²) < 4.78 is 68.3. The third-order valence-corrected chi connectivity index (χ3v) is 11.4. The Balaban J connectivity index is 1.26. The van der Waals surface area contributed by atoms with Crippen molar-refractivity contribution < 1.29 is 36.3 Å². The molecule has 1 aromatic heterocycles. The fourth-order valence-corrected chi connectivity index (χ4v) is 8.96. The highest BCUT2D eigenvalue weighted by molar-refractivity contribution is 7.90. The molecule has 1 aromatic carbocycles. The topological polar surface area (TPSA) is 139 Å². The van der Waals surface area contributed by atoms with E-state index in [1.165, 1.54) is 29.4 Å². The van der Waals surface area contributed by atoms with Crippen LogP contribution in [0, 0.1) is 17.0 Å². The number of thiazole rings is 1. The van der Waals surface area contributed by atoms with Crippen LogP contribution in [0.15, 0.2) is 40.0 Å². The Morgan fingerprint density at radius 1 is 1.20 bits per heavy atom. The van der Waals surface area contributed by atoms with Crippen molar-refractivity contribution in [3.63, 3.8) is 0 Å². The molecule has 1 amide bonds. The first-order valence-electron chi connectivity index (χ1n) is 13.8. The maximum absolute atomic E-state index is 14.6. The molecule has 1 atom stereocenters. The molecule has 1 saturated heterocycles. The zero-order valence-electron chi connectivity index (χ0n) is 24.2. The van der Waals surface area contributed by atoms with Crippen LogP contribution in [0.25, 0.3) is 0 Å². The van der Waals surface area contributed by atoms with Gasteiger partial charge in [0.25, 0.3) is 0 Å². The highest BCUT2D eigenvalue weighted by Gasteiger charge is 2.72. The molecular formula is C28H30ClF2N5O6S2. The van der Waals surface area contributed by atoms with E-state index < -0.39 is 66.6 Å². The first kappa shape index (κ1) is 30.9. The summed E-state index contributed by atoms with van der Waals surface area (Å²) in [4.78, 5) is 35.9. The lowest BCUT2D eigenvalue weighted by Crippen LogP contribution is -2.77. The number of hydrogen-bond acceptors (Lipinski definition) is 10. The van der Waals surface area contributed by atoms with Crippen LogP contribution in [0.1, 0.15) is 56.6 Å². The number of nitrogens with zero attached hydrogens (tertiary/aromatic N) is 3. The zero-order chi connectivity index (χ0) is 31.8. The number of amidine groups is 1. The van der Waals surface area contributed by atoms with Gasteiger partial charge in [-0.25, -0.2) is 36.5 Å². The number of allylic oxidation sites excluding steroid dienone is 1. The highest BCUT2D eigenvalue weighted by atomic mass is 35.5. The first-order valence-corrected chi connectivity index (χ1v) is 16.6. The summed E-state index contributed by atoms with van der Waals surface area (Å²) in [5.41, 5.74) is -1.47. The SMILES string of the molecule is COC(=O)C1=C(C23CC(NS(=O)(=O)C4CN(C(=O)OC(C)(C)C)C4)(C2)C3)NC(c2nccs2)=NC1c1ccc(F)c(F)c1Cl. The molecule has 0 spiro atoms. The number of nitrogens with one attached hydrogen (secondary N) is 2. The number of likely N-dealkylation sites (tertiary alicyclic amines) is 1. The van der Waals surface area contributed by atoms with E-state index in [0.717, 1.165) is 6.07 Å². The molecule has 2 aliphatic heterocycles. The second-order valence-corrected chi connectivity index (χ2v) is 15.9. The molecule has 5 aliphatic rings. The van der Waals surface area contributed by atoms with Gasteiger partial charge in [-0.2, -0.15) is 0 Å². The summed E-state index contributed by atoms with van der Waals surface area (Å²) >= 11 is 7.53. The minimum Gasteiger partial charge on any atom is -0.466 e. The van der Waals surface area contributed by atoms with Crippen LogP contribution < -0.4 is 10.0 Å². The number of carbonyl (C=O) groups is 2. The third-order valence-electron chi connectivity index (χ3n) is 8.30. The van der Waals surface area contributed by atoms with Gasteiger partial charge in [0.2, 0.25) is 10.0 Å². The van der Waals surface area contributed by atoms with Crippen LogP contribution in [-0.4, -0.2) is 72.8 Å². The number of aromatic nitrogens is 1. The van der Waals surface area contributed by atoms with Gasteiger partial charge in [-0.3, -0.25) is 4.99 Å². The Labute approximate surface area is 261 Å². The summed E-state index contributed by atoms with van der Waals surface area (Å²) in [6.45, 7) is 5.26. The molecule has 3 saturated carbocycles. The van der Waals surface area contributed by atoms with E-state index in [1.807, 2.05) is 0 Å². The van der Waals surface area contributed by atoms with Crippen LogP contribution in [0.4, 0.5) is 13.6 Å². The van der Waals surface area contributed by atoms with E-state index >= 15 is 0 Å². The lowest BCUT2D eigenvalue weighted by molar-refractivity contribution is -0.138. The third kappa shape index (κ3) is 5.16. The highest BCUT2D eigenvalue weighted by Crippen LogP contribution is 2.71. The van der Waals surface area contributed by atoms with Gasteiger partial charge in [0.15, 0.2) is 22.5 Å². The molecule has 0 radical (unpaired) electrons. The summed E-state index contributed by atoms with van der Waals surface area (Å²) in [5.74, 6) is -2.84. The van der Waals surface area contributed by atoms with E-state index in [1.54, 1.807) is 32.3 Å². The summed E-state index contributed by atoms with van der Waals surface area (Å²) in [6, 6.07) is 1.05. The Morgan fingerprint density at radius 2 is 1.89 bits per heavy atom. The van der Waals surface area contributed by atoms with Gasteiger partial charge < -0.3 is 19.7 Å². The van der Waals surface area contributed by atoms with Gasteiger partial charge >= 0.3 is 12.1 Å². The average Bonchev–Trinajstić information content (AvgIpc) is 3.40. The van der Waals surface area contributed by atoms with Crippen molar-refractivity contribution in [1.82, 2.24) is 19.9 Å². The second kappa shape index (κ2) is 10.5. The van der Waals surface area contributed by atoms with Gasteiger partial charge in [0.1, 0.15) is 16.9 Å². The standard InChI is InChI=1S/C28H30ClF2N5O6S2/c1-26(2,3)42-25(38)36-9-14(10-36)44(39,40)35-28-11-27(12-28,13-28)21-17(24(37)41-4)20(15-5-6-16(30)19(31)18(15)29)33-22(34-21)23-32-7-8-43-23/h5-8,14,20,35H,9-13H2,1-4H3,(H,33,34). The Bertz CT molecular complexity index is 1700. The molecule has 4 fully saturated rings. The van der Waals surface area contributed by atoms with Gasteiger partial charge in [0.05, 0.1) is 17.7 Å². The largest absolute Gasteiger partial charge is 0.466 e. The van der Waals surface area contributed by atoms with Crippen LogP contribution in [-0.2, 0) is 24.3 Å². The van der Waals surface area contributed by atoms with Crippen molar-refractivity contribution in [2.24, 2.45) is 10.4 Å². The monoisotopic (exact) mass is 669 g/mol. The minimum atomic E-state index is -3.77. The molecule has 16 heteroatoms. The second-order valence-electron chi connectivity index (χ2n) is 12.6. The van der Waals surface area contributed by atoms with Gasteiger partial charge in [-0.1, -0.05) is 17.7 Å². The number of carbonyl (C=O) groups excluding carboxylic acids is 2. The number of rotatable bonds is 7. The molecular weight excluding hydrogens is 640 g/mol. The predicted molar refractivity (Wildman–Crippen MR) is 158 cm³/mol. The smallest absolute Gasteiger partial charge is 0.410 e. The molecule has 236 valence electrons. The molecule has 44 heavy (non-hydrogen) atoms. The quantitative estimate of drug-likeness (QED) is 0.333. The minimum absolute atomic E-state index is 0.0228. The number of ether oxygens (including phenoxy) is 2. The van der Waals surface area contributed by atoms with Gasteiger partial charge in [-0.15, -0.1) is 11.3 Å². The van der Waals surface area contributed by atoms with Crippen LogP contribution in [0.2, 0.25) is 5.02 Å². The van der Waals surface area contributed by atoms with E-state index in [9.17, 15) is 26.8 Å². The van der Waals surface area contributed by atoms with E-state index in [-0.39, 0.29) is 24.2 Å². The van der Waals surface area contributed by atoms with Crippen molar-refractivity contribution in [1.29, 1.82) is 0 Å². The van der Waals surface area contributed by atoms with Crippen molar-refractivity contribution in [3.05, 3.63) is 62.2 Å². The molecule has 7 rings (SSSR count). The lowest BCUT2D eigenvalue weighted by atomic mass is 9.38. The number of aliphatic imine (C=N–C) groups is 1. The Kier molecular flexibility index (Phi) is 7.34. The first-order chi connectivity index (χ1) is 20.6. The molecule has 3 heterocycles. The Morgan fingerprint density at radius 3 is 2.48 bits per heavy atom. The number of sulfonamides is 1. The molecule has 2 N–H and O–H groups in total. The van der Waals surface area contributed by atoms with Crippen LogP contribution >= 0.6 is 22.9 Å². The fourth-order valence-electron chi connectivity index (χ4n) is 6.37. The molecule has 2 bridgehead atoms. The van der Waals surface area contributed by atoms with E-state index in [4.69, 9.17) is 21.1 Å². The van der Waals surface area contributed by atoms with Crippen molar-refractivity contribution >= 4 is 50.9 Å². The summed E-state index contributed by atoms with van der Waals surface area (Å²) in [7, 11) is -2.57. The number of amides is 1. The van der Waals surface area contributed by atoms with Crippen molar-refractivity contribution in [3.8, 4) is 0 Å². The number of esters is 1. The number of methoxy groups -OCH3 is 1. The molecule has 2 aromatic rings. The van der Waals surface area contributed by atoms with Crippen LogP contribution in [0.5, 0.6) is 0 Å². The van der Waals surface area contributed by atoms with Crippen molar-refractivity contribution in [2.75, 3.05) is 20.2 Å². The molecule has 3 aliphatic carbocycles. The van der Waals surface area contributed by atoms with E-state index in [0.29, 0.717) is 35.8 Å². The summed E-state index contributed by atoms with van der Waals surface area (Å²) in [5, 5.41) is 4.19. The molecule has 1 unspecified atom stereocenters. The van der Waals surface area contributed by atoms with Gasteiger partial charge in [-0.05, 0) is 46.1 Å². The normalized spacial score (nSPS) is 26.6. The zero-order valence-corrected chi connectivity index (χ0v) is 26.6. The molecule has 11 nitrogen and oxygen atoms in total. The number of benzene rings is 1. The maximum Gasteiger partial charge on any atom is 0.410 e. The predicted octanol–water partition coefficient (Wildman–Crippen LogP) is 4.05. The van der Waals surface area contributed by atoms with Crippen molar-refractivity contribution in [2.45, 2.75) is 62.5 Å². The maximum atomic E-state index is 14.6. The lowest BCUT2D eigenvalue weighted by Gasteiger charge is -2.71.